The van der Waals surface area contributed by atoms with Crippen molar-refractivity contribution in [2.45, 2.75) is 25.0 Å². The Morgan fingerprint density at radius 3 is 1.73 bits per heavy atom. The lowest BCUT2D eigenvalue weighted by molar-refractivity contribution is -0.161. The Bertz CT molecular complexity index is 899. The van der Waals surface area contributed by atoms with Gasteiger partial charge in [-0.05, 0) is 29.2 Å². The average Bonchev–Trinajstić information content (AvgIpc) is 2.79. The van der Waals surface area contributed by atoms with Crippen molar-refractivity contribution in [1.29, 1.82) is 0 Å². The number of hydrogen-bond donors (Lipinski definition) is 2. The Hall–Kier alpha value is -3.27. The van der Waals surface area contributed by atoms with Gasteiger partial charge in [-0.25, -0.2) is 0 Å². The first-order chi connectivity index (χ1) is 14.6. The molecular weight excluding hydrogens is 372 g/mol. The highest BCUT2D eigenvalue weighted by atomic mass is 16.5. The Labute approximate surface area is 178 Å². The van der Waals surface area contributed by atoms with Gasteiger partial charge in [0, 0.05) is 12.8 Å². The minimum atomic E-state index is -1.65. The Kier molecular flexibility index (Phi) is 10.0. The van der Waals surface area contributed by atoms with E-state index in [4.69, 9.17) is 0 Å². The summed E-state index contributed by atoms with van der Waals surface area (Å²) in [5.74, 6) is -1.65. The maximum Gasteiger partial charge on any atom is 0.166 e. The summed E-state index contributed by atoms with van der Waals surface area (Å²) in [7, 11) is 0. The van der Waals surface area contributed by atoms with Crippen molar-refractivity contribution in [2.24, 2.45) is 0 Å². The van der Waals surface area contributed by atoms with Crippen LogP contribution < -0.4 is 0 Å². The molecule has 2 N–H and O–H groups in total. The van der Waals surface area contributed by atoms with Crippen molar-refractivity contribution in [1.82, 2.24) is 0 Å². The zero-order valence-corrected chi connectivity index (χ0v) is 17.0. The molecule has 0 radical (unpaired) electrons. The van der Waals surface area contributed by atoms with Crippen LogP contribution >= 0.6 is 0 Å². The van der Waals surface area contributed by atoms with Crippen LogP contribution in [0.25, 0.3) is 12.2 Å². The van der Waals surface area contributed by atoms with Crippen molar-refractivity contribution in [3.05, 3.63) is 120 Å². The number of aliphatic hydroxyl groups is 2. The fourth-order valence-electron chi connectivity index (χ4n) is 2.75. The van der Waals surface area contributed by atoms with Gasteiger partial charge in [0.25, 0.3) is 0 Å². The summed E-state index contributed by atoms with van der Waals surface area (Å²) < 4.78 is 0. The van der Waals surface area contributed by atoms with Gasteiger partial charge in [0.15, 0.2) is 5.79 Å². The zero-order chi connectivity index (χ0) is 21.5. The van der Waals surface area contributed by atoms with Crippen LogP contribution in [0.15, 0.2) is 103 Å². The summed E-state index contributed by atoms with van der Waals surface area (Å²) >= 11 is 0. The van der Waals surface area contributed by atoms with Gasteiger partial charge in [-0.2, -0.15) is 0 Å². The molecule has 0 unspecified atom stereocenters. The lowest BCUT2D eigenvalue weighted by Crippen LogP contribution is -2.27. The number of benzene rings is 3. The van der Waals surface area contributed by atoms with Crippen molar-refractivity contribution >= 4 is 18.4 Å². The molecule has 30 heavy (non-hydrogen) atoms. The number of hydrogen-bond acceptors (Lipinski definition) is 3. The molecule has 3 rings (SSSR count). The smallest absolute Gasteiger partial charge is 0.166 e. The molecule has 3 aromatic carbocycles. The SMILES string of the molecule is O=CC=Cc1ccccc1.OC(O)(CC=Cc1ccccc1)CCc1ccccc1. The first-order valence-electron chi connectivity index (χ1n) is 9.96. The highest BCUT2D eigenvalue weighted by Gasteiger charge is 2.20. The normalized spacial score (nSPS) is 11.3. The molecule has 0 saturated carbocycles. The van der Waals surface area contributed by atoms with Gasteiger partial charge in [-0.15, -0.1) is 0 Å². The molecule has 0 heterocycles. The van der Waals surface area contributed by atoms with E-state index in [-0.39, 0.29) is 6.42 Å². The van der Waals surface area contributed by atoms with E-state index >= 15 is 0 Å². The second kappa shape index (κ2) is 13.0. The minimum Gasteiger partial charge on any atom is -0.365 e. The number of aryl methyl sites for hydroxylation is 1. The van der Waals surface area contributed by atoms with E-state index < -0.39 is 5.79 Å². The predicted octanol–water partition coefficient (Wildman–Crippen LogP) is 5.30. The van der Waals surface area contributed by atoms with Crippen LogP contribution in [0.4, 0.5) is 0 Å². The molecule has 0 bridgehead atoms. The van der Waals surface area contributed by atoms with Crippen LogP contribution in [0.5, 0.6) is 0 Å². The first kappa shape index (κ1) is 23.0. The van der Waals surface area contributed by atoms with Crippen LogP contribution in [-0.2, 0) is 11.2 Å². The van der Waals surface area contributed by atoms with Crippen molar-refractivity contribution in [3.63, 3.8) is 0 Å². The van der Waals surface area contributed by atoms with E-state index in [1.807, 2.05) is 97.1 Å². The molecule has 0 saturated heterocycles. The summed E-state index contributed by atoms with van der Waals surface area (Å²) in [5.41, 5.74) is 3.23. The van der Waals surface area contributed by atoms with Gasteiger partial charge < -0.3 is 10.2 Å². The van der Waals surface area contributed by atoms with E-state index in [0.29, 0.717) is 12.8 Å². The summed E-state index contributed by atoms with van der Waals surface area (Å²) in [6.45, 7) is 0. The van der Waals surface area contributed by atoms with Gasteiger partial charge in [0.05, 0.1) is 0 Å². The fraction of sp³-hybridized carbons (Fsp3) is 0.148. The third kappa shape index (κ3) is 9.78. The molecule has 3 aromatic rings. The van der Waals surface area contributed by atoms with Gasteiger partial charge in [0.1, 0.15) is 6.29 Å². The maximum atomic E-state index is 9.96. The molecule has 0 fully saturated rings. The molecule has 0 aliphatic carbocycles. The lowest BCUT2D eigenvalue weighted by atomic mass is 10.0. The lowest BCUT2D eigenvalue weighted by Gasteiger charge is -2.19. The number of rotatable bonds is 8. The second-order valence-corrected chi connectivity index (χ2v) is 6.89. The third-order valence-corrected chi connectivity index (χ3v) is 4.38. The second-order valence-electron chi connectivity index (χ2n) is 6.89. The third-order valence-electron chi connectivity index (χ3n) is 4.38. The van der Waals surface area contributed by atoms with Crippen LogP contribution in [0.1, 0.15) is 29.5 Å². The number of allylic oxidation sites excluding steroid dienone is 1. The molecule has 0 spiro atoms. The molecule has 3 nitrogen and oxygen atoms in total. The Balaban J connectivity index is 0.000000269. The average molecular weight is 401 g/mol. The predicted molar refractivity (Wildman–Crippen MR) is 124 cm³/mol. The van der Waals surface area contributed by atoms with E-state index in [2.05, 4.69) is 0 Å². The molecular formula is C27H28O3. The van der Waals surface area contributed by atoms with E-state index in [1.165, 1.54) is 6.08 Å². The van der Waals surface area contributed by atoms with Gasteiger partial charge in [-0.3, -0.25) is 4.79 Å². The standard InChI is InChI=1S/C18H20O2.C9H8O/c19-18(20,15-13-17-10-5-2-6-11-17)14-7-12-16-8-3-1-4-9-16;10-8-4-7-9-5-2-1-3-6-9/h1-12,19-20H,13-15H2;1-8H. The molecule has 0 atom stereocenters. The Morgan fingerprint density at radius 1 is 0.700 bits per heavy atom. The molecule has 0 aromatic heterocycles. The highest BCUT2D eigenvalue weighted by Crippen LogP contribution is 2.17. The number of carbonyl (C=O) groups is 1. The van der Waals surface area contributed by atoms with E-state index in [1.54, 1.807) is 12.2 Å². The minimum absolute atomic E-state index is 0.231. The van der Waals surface area contributed by atoms with Crippen LogP contribution in [0.3, 0.4) is 0 Å². The molecule has 0 amide bonds. The number of aldehydes is 1. The molecule has 154 valence electrons. The monoisotopic (exact) mass is 400 g/mol. The summed E-state index contributed by atoms with van der Waals surface area (Å²) in [4.78, 5) is 9.89. The van der Waals surface area contributed by atoms with Crippen molar-refractivity contribution in [2.75, 3.05) is 0 Å². The molecule has 3 heteroatoms. The fourth-order valence-corrected chi connectivity index (χ4v) is 2.75. The van der Waals surface area contributed by atoms with E-state index in [0.717, 1.165) is 23.0 Å². The van der Waals surface area contributed by atoms with Gasteiger partial charge in [0.2, 0.25) is 0 Å². The summed E-state index contributed by atoms with van der Waals surface area (Å²) in [6.07, 6.45) is 8.96. The summed E-state index contributed by atoms with van der Waals surface area (Å²) in [5, 5.41) is 19.9. The van der Waals surface area contributed by atoms with Crippen LogP contribution in [-0.4, -0.2) is 22.3 Å². The van der Waals surface area contributed by atoms with Crippen molar-refractivity contribution < 1.29 is 15.0 Å². The van der Waals surface area contributed by atoms with Gasteiger partial charge in [-0.1, -0.05) is 109 Å². The van der Waals surface area contributed by atoms with Gasteiger partial charge >= 0.3 is 0 Å². The van der Waals surface area contributed by atoms with Crippen LogP contribution in [0.2, 0.25) is 0 Å². The quantitative estimate of drug-likeness (QED) is 0.306. The maximum absolute atomic E-state index is 9.96. The zero-order valence-electron chi connectivity index (χ0n) is 17.0. The summed E-state index contributed by atoms with van der Waals surface area (Å²) in [6, 6.07) is 29.4. The highest BCUT2D eigenvalue weighted by molar-refractivity contribution is 5.73. The topological polar surface area (TPSA) is 57.5 Å². The molecule has 0 aliphatic rings. The molecule has 0 aliphatic heterocycles. The van der Waals surface area contributed by atoms with Crippen LogP contribution in [0, 0.1) is 0 Å². The van der Waals surface area contributed by atoms with Crippen molar-refractivity contribution in [3.8, 4) is 0 Å². The Morgan fingerprint density at radius 2 is 1.20 bits per heavy atom. The number of carbonyl (C=O) groups excluding carboxylic acids is 1. The first-order valence-corrected chi connectivity index (χ1v) is 9.96. The van der Waals surface area contributed by atoms with E-state index in [9.17, 15) is 15.0 Å². The largest absolute Gasteiger partial charge is 0.365 e.